The number of carbonyl (C=O) groups is 10. The van der Waals surface area contributed by atoms with Gasteiger partial charge in [-0.15, -0.1) is 0 Å². The van der Waals surface area contributed by atoms with Crippen LogP contribution in [0.2, 0.25) is 0 Å². The van der Waals surface area contributed by atoms with E-state index in [-0.39, 0.29) is 24.7 Å². The zero-order valence-corrected chi connectivity index (χ0v) is 49.3. The van der Waals surface area contributed by atoms with Gasteiger partial charge in [-0.25, -0.2) is 47.9 Å². The first-order valence-electron chi connectivity index (χ1n) is 27.5. The molecule has 24 nitrogen and oxygen atoms in total. The molecular weight excluding hydrogens is 1190 g/mol. The van der Waals surface area contributed by atoms with E-state index < -0.39 is 154 Å². The van der Waals surface area contributed by atoms with Gasteiger partial charge in [0, 0.05) is 60.8 Å². The minimum absolute atomic E-state index is 0.287. The number of ether oxygens (including phenoxy) is 12. The van der Waals surface area contributed by atoms with E-state index >= 15 is 0 Å². The molecule has 4 aromatic rings. The van der Waals surface area contributed by atoms with Crippen LogP contribution in [-0.2, 0) is 101 Å². The van der Waals surface area contributed by atoms with Crippen molar-refractivity contribution in [2.24, 2.45) is 10.8 Å². The molecule has 1 aliphatic rings. The van der Waals surface area contributed by atoms with Gasteiger partial charge < -0.3 is 67.1 Å². The lowest BCUT2D eigenvalue weighted by molar-refractivity contribution is -0.166. The number of carboxylic acids is 2. The molecule has 1 aliphatic carbocycles. The molecule has 2 unspecified atom stereocenters. The molecule has 0 amide bonds. The van der Waals surface area contributed by atoms with Gasteiger partial charge in [0.2, 0.25) is 0 Å². The lowest BCUT2D eigenvalue weighted by Crippen LogP contribution is -2.44. The summed E-state index contributed by atoms with van der Waals surface area (Å²) in [5, 5.41) is 18.4. The van der Waals surface area contributed by atoms with E-state index in [1.807, 2.05) is 72.8 Å². The molecule has 0 radical (unpaired) electrons. The fraction of sp³-hybridized carbons (Fsp3) is 0.254. The Balaban J connectivity index is 1.45. The van der Waals surface area contributed by atoms with Crippen LogP contribution in [-0.4, -0.2) is 161 Å². The molecule has 0 saturated heterocycles. The van der Waals surface area contributed by atoms with Gasteiger partial charge >= 0.3 is 59.7 Å². The normalized spacial score (nSPS) is 12.6. The number of carboxylic acid groups (broad SMARTS) is 2. The summed E-state index contributed by atoms with van der Waals surface area (Å²) in [6, 6.07) is 29.9. The number of benzene rings is 4. The minimum Gasteiger partial charge on any atom is -0.490 e. The zero-order valence-electron chi connectivity index (χ0n) is 49.3. The first-order chi connectivity index (χ1) is 43.7. The Labute approximate surface area is 522 Å². The summed E-state index contributed by atoms with van der Waals surface area (Å²) in [5.41, 5.74) is 1.18. The highest BCUT2D eigenvalue weighted by Crippen LogP contribution is 2.56. The second-order valence-electron chi connectivity index (χ2n) is 19.9. The van der Waals surface area contributed by atoms with Gasteiger partial charge in [-0.05, 0) is 57.6 Å². The molecule has 4 aromatic carbocycles. The van der Waals surface area contributed by atoms with E-state index in [4.69, 9.17) is 56.8 Å². The maximum absolute atomic E-state index is 12.9. The van der Waals surface area contributed by atoms with E-state index in [1.54, 1.807) is 24.3 Å². The van der Waals surface area contributed by atoms with Gasteiger partial charge in [-0.1, -0.05) is 112 Å². The Morgan fingerprint density at radius 1 is 0.374 bits per heavy atom. The first-order valence-corrected chi connectivity index (χ1v) is 27.5. The summed E-state index contributed by atoms with van der Waals surface area (Å²) in [5.74, 6) is -9.60. The lowest BCUT2D eigenvalue weighted by Gasteiger charge is -2.34. The van der Waals surface area contributed by atoms with Crippen LogP contribution in [0.25, 0.3) is 11.1 Å². The van der Waals surface area contributed by atoms with Gasteiger partial charge in [0.25, 0.3) is 0 Å². The van der Waals surface area contributed by atoms with Crippen LogP contribution in [0.4, 0.5) is 0 Å². The van der Waals surface area contributed by atoms with Crippen molar-refractivity contribution in [2.45, 2.75) is 17.6 Å². The molecule has 2 atom stereocenters. The summed E-state index contributed by atoms with van der Waals surface area (Å²) in [6.45, 7) is 14.6. The van der Waals surface area contributed by atoms with Crippen LogP contribution in [0.1, 0.15) is 22.3 Å². The van der Waals surface area contributed by atoms with Crippen molar-refractivity contribution < 1.29 is 115 Å². The van der Waals surface area contributed by atoms with E-state index in [2.05, 4.69) is 39.5 Å². The molecule has 0 heterocycles. The summed E-state index contributed by atoms with van der Waals surface area (Å²) < 4.78 is 67.1. The largest absolute Gasteiger partial charge is 0.490 e. The Bertz CT molecular complexity index is 3050. The van der Waals surface area contributed by atoms with Crippen molar-refractivity contribution in [2.75, 3.05) is 79.3 Å². The number of esters is 8. The smallest absolute Gasteiger partial charge is 0.331 e. The Kier molecular flexibility index (Phi) is 27.3. The topological polar surface area (TPSA) is 322 Å². The predicted molar refractivity (Wildman–Crippen MR) is 321 cm³/mol. The summed E-state index contributed by atoms with van der Waals surface area (Å²) >= 11 is 0. The molecule has 478 valence electrons. The Morgan fingerprint density at radius 3 is 0.934 bits per heavy atom. The fourth-order valence-corrected chi connectivity index (χ4v) is 8.94. The summed E-state index contributed by atoms with van der Waals surface area (Å²) in [7, 11) is 0. The van der Waals surface area contributed by atoms with E-state index in [0.29, 0.717) is 24.3 Å². The quantitative estimate of drug-likeness (QED) is 0.0247. The van der Waals surface area contributed by atoms with Crippen molar-refractivity contribution in [3.05, 3.63) is 220 Å². The molecule has 2 N–H and O–H groups in total. The van der Waals surface area contributed by atoms with Gasteiger partial charge in [-0.3, -0.25) is 0 Å². The number of hydrogen-bond acceptors (Lipinski definition) is 22. The number of aliphatic carboxylic acids is 2. The summed E-state index contributed by atoms with van der Waals surface area (Å²) in [6.07, 6.45) is 5.31. The molecule has 0 spiro atoms. The maximum atomic E-state index is 12.9. The molecule has 0 aromatic heterocycles. The molecular formula is C67H66O24. The average molecular weight is 1260 g/mol. The van der Waals surface area contributed by atoms with Crippen LogP contribution in [0.5, 0.6) is 11.5 Å². The van der Waals surface area contributed by atoms with Crippen LogP contribution in [0.15, 0.2) is 197 Å². The number of hydrogen-bond donors (Lipinski definition) is 2. The van der Waals surface area contributed by atoms with Crippen molar-refractivity contribution in [3.63, 3.8) is 0 Å². The highest BCUT2D eigenvalue weighted by atomic mass is 16.6. The molecule has 5 rings (SSSR count). The van der Waals surface area contributed by atoms with Crippen LogP contribution < -0.4 is 9.47 Å². The molecule has 24 heteroatoms. The lowest BCUT2D eigenvalue weighted by atomic mass is 9.68. The van der Waals surface area contributed by atoms with Gasteiger partial charge in [0.15, 0.2) is 12.2 Å². The van der Waals surface area contributed by atoms with E-state index in [9.17, 15) is 58.2 Å². The van der Waals surface area contributed by atoms with Gasteiger partial charge in [-0.2, -0.15) is 0 Å². The van der Waals surface area contributed by atoms with Crippen LogP contribution in [0.3, 0.4) is 0 Å². The van der Waals surface area contributed by atoms with Crippen LogP contribution in [0, 0.1) is 10.8 Å². The zero-order chi connectivity index (χ0) is 66.4. The van der Waals surface area contributed by atoms with Crippen LogP contribution >= 0.6 is 0 Å². The van der Waals surface area contributed by atoms with Gasteiger partial charge in [0.1, 0.15) is 64.4 Å². The van der Waals surface area contributed by atoms with Crippen molar-refractivity contribution in [3.8, 4) is 22.6 Å². The molecule has 0 aliphatic heterocycles. The molecule has 0 bridgehead atoms. The van der Waals surface area contributed by atoms with Crippen molar-refractivity contribution >= 4 is 59.7 Å². The highest BCUT2D eigenvalue weighted by Gasteiger charge is 2.46. The monoisotopic (exact) mass is 1250 g/mol. The third kappa shape index (κ3) is 21.1. The van der Waals surface area contributed by atoms with E-state index in [0.717, 1.165) is 69.8 Å². The molecule has 0 saturated carbocycles. The second kappa shape index (κ2) is 35.1. The third-order valence-electron chi connectivity index (χ3n) is 13.2. The predicted octanol–water partition coefficient (Wildman–Crippen LogP) is 6.29. The number of fused-ring (bicyclic) bond motifs is 3. The number of rotatable bonds is 40. The second-order valence-corrected chi connectivity index (χ2v) is 19.9. The molecule has 0 fully saturated rings. The van der Waals surface area contributed by atoms with Crippen molar-refractivity contribution in [1.29, 1.82) is 0 Å². The summed E-state index contributed by atoms with van der Waals surface area (Å²) in [4.78, 5) is 122. The third-order valence-corrected chi connectivity index (χ3v) is 13.2. The highest BCUT2D eigenvalue weighted by molar-refractivity contribution is 5.92. The SMILES string of the molecule is C=CC(=O)OCC(COCC(COc1ccc(C2(c3ccc(OCC(COCC(COC(=O)C=C)(COC(=O)C=C)COC(=O)C=C)OC(=O)/C=C\C(=O)O)cc3)c3ccccc3-c3ccccc32)cc1)OC(=O)/C=C\C(=O)O)(COC(=O)C=C)COC(=O)C=C. The first kappa shape index (κ1) is 70.8. The Morgan fingerprint density at radius 2 is 0.659 bits per heavy atom. The minimum atomic E-state index is -1.55. The average Bonchev–Trinajstić information content (AvgIpc) is 1.56. The maximum Gasteiger partial charge on any atom is 0.331 e. The van der Waals surface area contributed by atoms with Gasteiger partial charge in [0.05, 0.1) is 42.7 Å². The Hall–Kier alpha value is -11.0. The van der Waals surface area contributed by atoms with Crippen molar-refractivity contribution in [1.82, 2.24) is 0 Å². The molecule has 91 heavy (non-hydrogen) atoms. The van der Waals surface area contributed by atoms with E-state index in [1.165, 1.54) is 0 Å². The standard InChI is InChI=1S/C67H66O24/c1-7-57(72)84-39-65(40-85-58(73)8-2,41-86-59(74)9-3)37-80-33-49(90-63(78)31-29-55(68)69)35-82-47-25-21-45(22-26-47)67(53-19-15-13-17-51(53)52-18-14-16-20-54(52)67)46-23-27-48(28-24-46)83-36-50(91-64(79)32-30-56(70)71)34-81-38-66(42-87-60(75)10-4,43-88-61(76)11-5)44-89-62(77)12-6/h7-32,49-50H,1-6,33-44H2,(H,68,69)(H,70,71)/b31-29-,32-30-. The number of carbonyl (C=O) groups excluding carboxylic acids is 8. The fourth-order valence-electron chi connectivity index (χ4n) is 8.94.